The molecule has 4 heteroatoms. The highest BCUT2D eigenvalue weighted by atomic mass is 16.1. The predicted octanol–water partition coefficient (Wildman–Crippen LogP) is 2.95. The van der Waals surface area contributed by atoms with Crippen molar-refractivity contribution >= 4 is 12.0 Å². The van der Waals surface area contributed by atoms with Crippen LogP contribution in [0.4, 0.5) is 0 Å². The fraction of sp³-hybridized carbons (Fsp3) is 0.294. The maximum absolute atomic E-state index is 12.1. The van der Waals surface area contributed by atoms with E-state index in [1.54, 1.807) is 23.0 Å². The summed E-state index contributed by atoms with van der Waals surface area (Å²) in [6.45, 7) is 4.20. The van der Waals surface area contributed by atoms with Crippen molar-refractivity contribution in [3.05, 3.63) is 59.9 Å². The van der Waals surface area contributed by atoms with E-state index in [0.717, 1.165) is 11.1 Å². The van der Waals surface area contributed by atoms with Crippen molar-refractivity contribution in [2.24, 2.45) is 13.0 Å². The molecule has 1 aromatic heterocycles. The van der Waals surface area contributed by atoms with E-state index in [2.05, 4.69) is 24.3 Å². The van der Waals surface area contributed by atoms with Crippen molar-refractivity contribution in [1.82, 2.24) is 15.1 Å². The highest BCUT2D eigenvalue weighted by Gasteiger charge is 2.16. The van der Waals surface area contributed by atoms with E-state index in [9.17, 15) is 4.79 Å². The number of amides is 1. The minimum atomic E-state index is -0.0959. The summed E-state index contributed by atoms with van der Waals surface area (Å²) in [6.07, 6.45) is 6.90. The van der Waals surface area contributed by atoms with Gasteiger partial charge in [0.1, 0.15) is 0 Å². The Labute approximate surface area is 125 Å². The maximum atomic E-state index is 12.1. The summed E-state index contributed by atoms with van der Waals surface area (Å²) >= 11 is 0. The molecule has 0 fully saturated rings. The van der Waals surface area contributed by atoms with Crippen LogP contribution in [-0.2, 0) is 11.8 Å². The van der Waals surface area contributed by atoms with Gasteiger partial charge in [-0.3, -0.25) is 9.48 Å². The molecule has 1 unspecified atom stereocenters. The summed E-state index contributed by atoms with van der Waals surface area (Å²) in [4.78, 5) is 12.1. The van der Waals surface area contributed by atoms with Gasteiger partial charge >= 0.3 is 0 Å². The quantitative estimate of drug-likeness (QED) is 0.858. The van der Waals surface area contributed by atoms with Crippen LogP contribution in [0.15, 0.2) is 48.8 Å². The molecule has 0 bridgehead atoms. The van der Waals surface area contributed by atoms with Gasteiger partial charge in [-0.15, -0.1) is 0 Å². The monoisotopic (exact) mass is 283 g/mol. The number of aromatic nitrogens is 2. The highest BCUT2D eigenvalue weighted by Crippen LogP contribution is 2.21. The average molecular weight is 283 g/mol. The minimum absolute atomic E-state index is 0.0113. The van der Waals surface area contributed by atoms with Crippen molar-refractivity contribution in [3.8, 4) is 0 Å². The molecule has 1 heterocycles. The summed E-state index contributed by atoms with van der Waals surface area (Å²) in [5.41, 5.74) is 2.03. The van der Waals surface area contributed by atoms with E-state index in [1.807, 2.05) is 43.6 Å². The molecule has 110 valence electrons. The van der Waals surface area contributed by atoms with Crippen LogP contribution in [0, 0.1) is 5.92 Å². The molecular weight excluding hydrogens is 262 g/mol. The Morgan fingerprint density at radius 2 is 2.00 bits per heavy atom. The fourth-order valence-corrected chi connectivity index (χ4v) is 2.19. The first kappa shape index (κ1) is 15.0. The highest BCUT2D eigenvalue weighted by molar-refractivity contribution is 5.91. The molecule has 0 aliphatic rings. The number of aryl methyl sites for hydroxylation is 1. The molecule has 0 saturated carbocycles. The first-order valence-corrected chi connectivity index (χ1v) is 7.08. The van der Waals surface area contributed by atoms with Crippen molar-refractivity contribution in [2.75, 3.05) is 0 Å². The number of benzene rings is 1. The van der Waals surface area contributed by atoms with Gasteiger partial charge in [0.25, 0.3) is 0 Å². The van der Waals surface area contributed by atoms with Crippen LogP contribution in [0.25, 0.3) is 6.08 Å². The third kappa shape index (κ3) is 4.31. The van der Waals surface area contributed by atoms with Gasteiger partial charge in [-0.25, -0.2) is 0 Å². The van der Waals surface area contributed by atoms with Gasteiger partial charge in [0, 0.05) is 24.9 Å². The lowest BCUT2D eigenvalue weighted by atomic mass is 9.96. The zero-order chi connectivity index (χ0) is 15.2. The SMILES string of the molecule is CC(C)C(NC(=O)/C=C/c1cnn(C)c1)c1ccccc1. The molecule has 1 atom stereocenters. The molecule has 0 aliphatic heterocycles. The van der Waals surface area contributed by atoms with Crippen LogP contribution in [0.5, 0.6) is 0 Å². The normalized spacial score (nSPS) is 12.8. The van der Waals surface area contributed by atoms with E-state index in [4.69, 9.17) is 0 Å². The Morgan fingerprint density at radius 3 is 2.57 bits per heavy atom. The molecule has 0 saturated heterocycles. The predicted molar refractivity (Wildman–Crippen MR) is 84.4 cm³/mol. The second kappa shape index (κ2) is 6.88. The van der Waals surface area contributed by atoms with Crippen LogP contribution >= 0.6 is 0 Å². The molecule has 0 spiro atoms. The molecular formula is C17H21N3O. The zero-order valence-electron chi connectivity index (χ0n) is 12.7. The number of rotatable bonds is 5. The fourth-order valence-electron chi connectivity index (χ4n) is 2.19. The third-order valence-electron chi connectivity index (χ3n) is 3.28. The number of carbonyl (C=O) groups is 1. The van der Waals surface area contributed by atoms with E-state index in [1.165, 1.54) is 0 Å². The van der Waals surface area contributed by atoms with Crippen LogP contribution in [0.1, 0.15) is 31.0 Å². The lowest BCUT2D eigenvalue weighted by molar-refractivity contribution is -0.117. The summed E-state index contributed by atoms with van der Waals surface area (Å²) in [5, 5.41) is 7.12. The first-order chi connectivity index (χ1) is 10.1. The summed E-state index contributed by atoms with van der Waals surface area (Å²) < 4.78 is 1.71. The van der Waals surface area contributed by atoms with Gasteiger partial charge < -0.3 is 5.32 Å². The number of carbonyl (C=O) groups excluding carboxylic acids is 1. The van der Waals surface area contributed by atoms with Crippen LogP contribution in [0.2, 0.25) is 0 Å². The van der Waals surface area contributed by atoms with Gasteiger partial charge in [0.05, 0.1) is 12.2 Å². The summed E-state index contributed by atoms with van der Waals surface area (Å²) in [7, 11) is 1.85. The van der Waals surface area contributed by atoms with Crippen molar-refractivity contribution in [1.29, 1.82) is 0 Å². The Kier molecular flexibility index (Phi) is 4.93. The second-order valence-corrected chi connectivity index (χ2v) is 5.42. The lowest BCUT2D eigenvalue weighted by Gasteiger charge is -2.22. The number of hydrogen-bond acceptors (Lipinski definition) is 2. The van der Waals surface area contributed by atoms with Gasteiger partial charge in [-0.1, -0.05) is 44.2 Å². The van der Waals surface area contributed by atoms with E-state index < -0.39 is 0 Å². The van der Waals surface area contributed by atoms with Crippen LogP contribution in [-0.4, -0.2) is 15.7 Å². The molecule has 1 aromatic carbocycles. The molecule has 1 amide bonds. The molecule has 1 N–H and O–H groups in total. The lowest BCUT2D eigenvalue weighted by Crippen LogP contribution is -2.30. The first-order valence-electron chi connectivity index (χ1n) is 7.08. The number of hydrogen-bond donors (Lipinski definition) is 1. The van der Waals surface area contributed by atoms with E-state index in [-0.39, 0.29) is 11.9 Å². The standard InChI is InChI=1S/C17H21N3O/c1-13(2)17(15-7-5-4-6-8-15)19-16(21)10-9-14-11-18-20(3)12-14/h4-13,17H,1-3H3,(H,19,21)/b10-9+. The molecule has 21 heavy (non-hydrogen) atoms. The minimum Gasteiger partial charge on any atom is -0.345 e. The Balaban J connectivity index is 2.04. The number of nitrogens with zero attached hydrogens (tertiary/aromatic N) is 2. The Morgan fingerprint density at radius 1 is 1.29 bits per heavy atom. The van der Waals surface area contributed by atoms with Gasteiger partial charge in [0.2, 0.25) is 5.91 Å². The smallest absolute Gasteiger partial charge is 0.244 e. The van der Waals surface area contributed by atoms with Crippen LogP contribution < -0.4 is 5.32 Å². The zero-order valence-corrected chi connectivity index (χ0v) is 12.7. The van der Waals surface area contributed by atoms with Crippen molar-refractivity contribution < 1.29 is 4.79 Å². The third-order valence-corrected chi connectivity index (χ3v) is 3.28. The summed E-state index contributed by atoms with van der Waals surface area (Å²) in [5.74, 6) is 0.226. The van der Waals surface area contributed by atoms with E-state index >= 15 is 0 Å². The number of nitrogens with one attached hydrogen (secondary N) is 1. The summed E-state index contributed by atoms with van der Waals surface area (Å²) in [6, 6.07) is 10.0. The van der Waals surface area contributed by atoms with E-state index in [0.29, 0.717) is 5.92 Å². The Hall–Kier alpha value is -2.36. The van der Waals surface area contributed by atoms with Gasteiger partial charge in [0.15, 0.2) is 0 Å². The molecule has 0 radical (unpaired) electrons. The maximum Gasteiger partial charge on any atom is 0.244 e. The van der Waals surface area contributed by atoms with Crippen LogP contribution in [0.3, 0.4) is 0 Å². The molecule has 0 aliphatic carbocycles. The van der Waals surface area contributed by atoms with Gasteiger partial charge in [-0.2, -0.15) is 5.10 Å². The largest absolute Gasteiger partial charge is 0.345 e. The van der Waals surface area contributed by atoms with Crippen molar-refractivity contribution in [3.63, 3.8) is 0 Å². The van der Waals surface area contributed by atoms with Crippen molar-refractivity contribution in [2.45, 2.75) is 19.9 Å². The average Bonchev–Trinajstić information content (AvgIpc) is 2.89. The molecule has 2 rings (SSSR count). The molecule has 2 aromatic rings. The topological polar surface area (TPSA) is 46.9 Å². The molecule has 4 nitrogen and oxygen atoms in total. The van der Waals surface area contributed by atoms with Gasteiger partial charge in [-0.05, 0) is 17.6 Å². The second-order valence-electron chi connectivity index (χ2n) is 5.42. The Bertz CT molecular complexity index is 614.